The third kappa shape index (κ3) is 2.13. The topological polar surface area (TPSA) is 78.3 Å². The fraction of sp³-hybridized carbons (Fsp3) is 0. The molecule has 0 aliphatic carbocycles. The summed E-state index contributed by atoms with van der Waals surface area (Å²) in [7, 11) is 0. The van der Waals surface area contributed by atoms with Gasteiger partial charge in [0.15, 0.2) is 0 Å². The molecule has 3 aromatic carbocycles. The molecule has 3 rings (SSSR count). The molecule has 4 nitrogen and oxygen atoms in total. The van der Waals surface area contributed by atoms with Crippen molar-refractivity contribution in [1.29, 1.82) is 0 Å². The van der Waals surface area contributed by atoms with Crippen LogP contribution in [-0.2, 0) is 0 Å². The Bertz CT molecular complexity index is 771. The maximum Gasteiger partial charge on any atom is 0.0558 e. The summed E-state index contributed by atoms with van der Waals surface area (Å²) in [5, 5.41) is 15.3. The molecule has 4 N–H and O–H groups in total. The fourth-order valence-electron chi connectivity index (χ4n) is 2.18. The lowest BCUT2D eigenvalue weighted by Crippen LogP contribution is -2.09. The number of nitrogen functional groups attached to an aromatic ring is 2. The number of nitrogens with two attached hydrogens (primary N) is 2. The maximum atomic E-state index is 12.4. The first kappa shape index (κ1) is 12.3. The summed E-state index contributed by atoms with van der Waals surface area (Å²) in [6.07, 6.45) is 0. The summed E-state index contributed by atoms with van der Waals surface area (Å²) in [5.41, 5.74) is 13.4. The number of anilines is 4. The van der Waals surface area contributed by atoms with Crippen LogP contribution in [0.25, 0.3) is 10.8 Å². The van der Waals surface area contributed by atoms with Gasteiger partial charge >= 0.3 is 0 Å². The van der Waals surface area contributed by atoms with Crippen LogP contribution in [0.4, 0.5) is 22.7 Å². The van der Waals surface area contributed by atoms with Crippen molar-refractivity contribution >= 4 is 33.5 Å². The van der Waals surface area contributed by atoms with Gasteiger partial charge in [0.2, 0.25) is 0 Å². The largest absolute Gasteiger partial charge is 0.754 e. The van der Waals surface area contributed by atoms with E-state index in [1.54, 1.807) is 24.3 Å². The normalized spacial score (nSPS) is 10.7. The Labute approximate surface area is 116 Å². The molecule has 0 heterocycles. The molecule has 0 saturated carbocycles. The van der Waals surface area contributed by atoms with Crippen LogP contribution in [0.1, 0.15) is 0 Å². The third-order valence-corrected chi connectivity index (χ3v) is 3.24. The van der Waals surface area contributed by atoms with E-state index in [0.717, 1.165) is 15.8 Å². The molecule has 0 aliphatic heterocycles. The zero-order chi connectivity index (χ0) is 14.1. The smallest absolute Gasteiger partial charge is 0.0558 e. The van der Waals surface area contributed by atoms with Crippen molar-refractivity contribution in [1.82, 2.24) is 0 Å². The summed E-state index contributed by atoms with van der Waals surface area (Å²) in [6, 6.07) is 18.3. The van der Waals surface area contributed by atoms with E-state index in [4.69, 9.17) is 11.5 Å². The van der Waals surface area contributed by atoms with Crippen molar-refractivity contribution < 1.29 is 0 Å². The second-order valence-electron chi connectivity index (χ2n) is 4.64. The summed E-state index contributed by atoms with van der Waals surface area (Å²) in [6.45, 7) is 0. The highest BCUT2D eigenvalue weighted by atomic mass is 16.5. The minimum absolute atomic E-state index is 0.361. The van der Waals surface area contributed by atoms with Crippen molar-refractivity contribution in [2.45, 2.75) is 0 Å². The van der Waals surface area contributed by atoms with Gasteiger partial charge in [-0.25, -0.2) is 0 Å². The Kier molecular flexibility index (Phi) is 2.93. The first-order chi connectivity index (χ1) is 9.65. The van der Waals surface area contributed by atoms with Crippen LogP contribution in [0.5, 0.6) is 0 Å². The molecule has 0 atom stereocenters. The van der Waals surface area contributed by atoms with E-state index in [9.17, 15) is 5.21 Å². The van der Waals surface area contributed by atoms with E-state index < -0.39 is 0 Å². The lowest BCUT2D eigenvalue weighted by atomic mass is 10.1. The van der Waals surface area contributed by atoms with Crippen LogP contribution in [-0.4, -0.2) is 0 Å². The number of hydrogen-bond acceptors (Lipinski definition) is 4. The highest BCUT2D eigenvalue weighted by Crippen LogP contribution is 2.32. The van der Waals surface area contributed by atoms with Crippen LogP contribution in [0.3, 0.4) is 0 Å². The van der Waals surface area contributed by atoms with E-state index in [0.29, 0.717) is 22.7 Å². The third-order valence-electron chi connectivity index (χ3n) is 3.24. The average molecular weight is 264 g/mol. The molecule has 0 bridgehead atoms. The highest BCUT2D eigenvalue weighted by Gasteiger charge is 2.05. The highest BCUT2D eigenvalue weighted by molar-refractivity contribution is 5.88. The van der Waals surface area contributed by atoms with Gasteiger partial charge in [0.05, 0.1) is 11.4 Å². The van der Waals surface area contributed by atoms with E-state index in [2.05, 4.69) is 0 Å². The molecular formula is C16H14N3O-. The molecule has 0 radical (unpaired) electrons. The lowest BCUT2D eigenvalue weighted by Gasteiger charge is -2.32. The Balaban J connectivity index is 2.07. The van der Waals surface area contributed by atoms with Crippen LogP contribution < -0.4 is 16.5 Å². The van der Waals surface area contributed by atoms with E-state index >= 15 is 0 Å². The first-order valence-electron chi connectivity index (χ1n) is 6.26. The second-order valence-corrected chi connectivity index (χ2v) is 4.64. The van der Waals surface area contributed by atoms with Crippen LogP contribution in [0.2, 0.25) is 0 Å². The summed E-state index contributed by atoms with van der Waals surface area (Å²) in [4.78, 5) is 0. The first-order valence-corrected chi connectivity index (χ1v) is 6.26. The summed E-state index contributed by atoms with van der Waals surface area (Å²) >= 11 is 0. The molecule has 0 amide bonds. The molecule has 0 unspecified atom stereocenters. The molecule has 20 heavy (non-hydrogen) atoms. The predicted octanol–water partition coefficient (Wildman–Crippen LogP) is 3.64. The Hall–Kier alpha value is -2.72. The second kappa shape index (κ2) is 4.75. The van der Waals surface area contributed by atoms with Crippen molar-refractivity contribution in [3.8, 4) is 0 Å². The molecule has 0 fully saturated rings. The zero-order valence-corrected chi connectivity index (χ0v) is 10.8. The molecule has 0 aliphatic rings. The molecule has 3 aromatic rings. The van der Waals surface area contributed by atoms with Gasteiger partial charge in [0, 0.05) is 11.4 Å². The standard InChI is InChI=1S/C16H14N3O/c17-13-6-8-15(18)16(10-13)19(20)14-7-5-11-3-1-2-4-12(11)9-14/h1-10H,17-18H2/q-1. The SMILES string of the molecule is Nc1ccc(N)c(N([O-])c2ccc3ccccc3c2)c1. The summed E-state index contributed by atoms with van der Waals surface area (Å²) < 4.78 is 0. The van der Waals surface area contributed by atoms with Crippen molar-refractivity contribution in [3.05, 3.63) is 65.9 Å². The Morgan fingerprint density at radius 3 is 2.35 bits per heavy atom. The van der Waals surface area contributed by atoms with Crippen LogP contribution in [0, 0.1) is 5.21 Å². The number of fused-ring (bicyclic) bond motifs is 1. The van der Waals surface area contributed by atoms with Crippen LogP contribution in [0.15, 0.2) is 60.7 Å². The minimum atomic E-state index is 0.361. The van der Waals surface area contributed by atoms with Gasteiger partial charge in [0.25, 0.3) is 0 Å². The fourth-order valence-corrected chi connectivity index (χ4v) is 2.18. The van der Waals surface area contributed by atoms with E-state index in [1.165, 1.54) is 0 Å². The average Bonchev–Trinajstić information content (AvgIpc) is 2.48. The lowest BCUT2D eigenvalue weighted by molar-refractivity contribution is 1.31. The van der Waals surface area contributed by atoms with Gasteiger partial charge in [-0.1, -0.05) is 30.3 Å². The van der Waals surface area contributed by atoms with Gasteiger partial charge in [0.1, 0.15) is 0 Å². The van der Waals surface area contributed by atoms with Crippen molar-refractivity contribution in [3.63, 3.8) is 0 Å². The van der Waals surface area contributed by atoms with Crippen molar-refractivity contribution in [2.24, 2.45) is 0 Å². The monoisotopic (exact) mass is 264 g/mol. The quantitative estimate of drug-likeness (QED) is 0.547. The van der Waals surface area contributed by atoms with E-state index in [1.807, 2.05) is 36.4 Å². The Morgan fingerprint density at radius 2 is 1.55 bits per heavy atom. The maximum absolute atomic E-state index is 12.4. The van der Waals surface area contributed by atoms with Gasteiger partial charge < -0.3 is 21.7 Å². The minimum Gasteiger partial charge on any atom is -0.754 e. The zero-order valence-electron chi connectivity index (χ0n) is 10.8. The van der Waals surface area contributed by atoms with Gasteiger partial charge in [-0.2, -0.15) is 0 Å². The number of nitrogens with zero attached hydrogens (tertiary/aromatic N) is 1. The molecule has 4 heteroatoms. The molecule has 100 valence electrons. The predicted molar refractivity (Wildman–Crippen MR) is 84.7 cm³/mol. The summed E-state index contributed by atoms with van der Waals surface area (Å²) in [5.74, 6) is 0. The van der Waals surface area contributed by atoms with Crippen molar-refractivity contribution in [2.75, 3.05) is 16.5 Å². The van der Waals surface area contributed by atoms with E-state index in [-0.39, 0.29) is 0 Å². The van der Waals surface area contributed by atoms with Gasteiger partial charge in [-0.3, -0.25) is 0 Å². The van der Waals surface area contributed by atoms with Gasteiger partial charge in [-0.05, 0) is 41.1 Å². The Morgan fingerprint density at radius 1 is 0.800 bits per heavy atom. The molecule has 0 spiro atoms. The van der Waals surface area contributed by atoms with Crippen LogP contribution >= 0.6 is 0 Å². The molecular weight excluding hydrogens is 250 g/mol. The number of hydrogen-bond donors (Lipinski definition) is 2. The molecule has 0 aromatic heterocycles. The number of rotatable bonds is 2. The number of benzene rings is 3. The van der Waals surface area contributed by atoms with Gasteiger partial charge in [-0.15, -0.1) is 0 Å². The molecule has 0 saturated heterocycles.